The maximum atomic E-state index is 6.31. The molecule has 0 amide bonds. The highest BCUT2D eigenvalue weighted by atomic mass is 35.5. The first kappa shape index (κ1) is 15.0. The summed E-state index contributed by atoms with van der Waals surface area (Å²) in [4.78, 5) is 4.61. The summed E-state index contributed by atoms with van der Waals surface area (Å²) >= 11 is 14.5. The highest BCUT2D eigenvalue weighted by molar-refractivity contribution is 7.99. The standard InChI is InChI=1S/C14H18Cl2N2S/c1-3-19-9-5-8-18-13-11(16)6-4-7-12(13)17-14(18)10(2)15/h4,6-7,10H,3,5,8-9H2,1-2H3. The number of benzene rings is 1. The molecular weight excluding hydrogens is 299 g/mol. The van der Waals surface area contributed by atoms with E-state index in [2.05, 4.69) is 16.5 Å². The van der Waals surface area contributed by atoms with E-state index < -0.39 is 0 Å². The molecule has 0 bridgehead atoms. The van der Waals surface area contributed by atoms with Gasteiger partial charge in [0.25, 0.3) is 0 Å². The van der Waals surface area contributed by atoms with Crippen molar-refractivity contribution in [1.82, 2.24) is 9.55 Å². The predicted octanol–water partition coefficient (Wildman–Crippen LogP) is 5.13. The molecule has 5 heteroatoms. The van der Waals surface area contributed by atoms with Gasteiger partial charge in [-0.2, -0.15) is 11.8 Å². The van der Waals surface area contributed by atoms with E-state index in [0.29, 0.717) is 0 Å². The van der Waals surface area contributed by atoms with Gasteiger partial charge in [-0.1, -0.05) is 24.6 Å². The maximum absolute atomic E-state index is 6.31. The SMILES string of the molecule is CCSCCCn1c(C(C)Cl)nc2cccc(Cl)c21. The number of hydrogen-bond donors (Lipinski definition) is 0. The van der Waals surface area contributed by atoms with Crippen LogP contribution in [-0.2, 0) is 6.54 Å². The Morgan fingerprint density at radius 3 is 2.89 bits per heavy atom. The summed E-state index contributed by atoms with van der Waals surface area (Å²) in [6.07, 6.45) is 1.10. The molecule has 1 aromatic carbocycles. The number of nitrogens with zero attached hydrogens (tertiary/aromatic N) is 2. The van der Waals surface area contributed by atoms with Gasteiger partial charge in [0, 0.05) is 6.54 Å². The van der Waals surface area contributed by atoms with Crippen LogP contribution in [0.5, 0.6) is 0 Å². The van der Waals surface area contributed by atoms with Crippen LogP contribution in [-0.4, -0.2) is 21.1 Å². The van der Waals surface area contributed by atoms with Crippen LogP contribution in [0.4, 0.5) is 0 Å². The molecule has 0 aliphatic carbocycles. The van der Waals surface area contributed by atoms with Gasteiger partial charge in [-0.25, -0.2) is 4.98 Å². The zero-order valence-electron chi connectivity index (χ0n) is 11.2. The Morgan fingerprint density at radius 1 is 1.42 bits per heavy atom. The van der Waals surface area contributed by atoms with Crippen molar-refractivity contribution in [2.75, 3.05) is 11.5 Å². The second kappa shape index (κ2) is 6.87. The Bertz CT molecular complexity index is 552. The van der Waals surface area contributed by atoms with E-state index in [1.54, 1.807) is 0 Å². The monoisotopic (exact) mass is 316 g/mol. The summed E-state index contributed by atoms with van der Waals surface area (Å²) < 4.78 is 2.17. The average molecular weight is 317 g/mol. The number of rotatable bonds is 6. The summed E-state index contributed by atoms with van der Waals surface area (Å²) in [6, 6.07) is 5.82. The van der Waals surface area contributed by atoms with Crippen molar-refractivity contribution in [1.29, 1.82) is 0 Å². The molecule has 1 unspecified atom stereocenters. The molecule has 0 aliphatic heterocycles. The van der Waals surface area contributed by atoms with Gasteiger partial charge in [0.1, 0.15) is 5.82 Å². The number of aromatic nitrogens is 2. The number of imidazole rings is 1. The molecule has 0 saturated carbocycles. The number of fused-ring (bicyclic) bond motifs is 1. The first-order valence-corrected chi connectivity index (χ1v) is 8.48. The summed E-state index contributed by atoms with van der Waals surface area (Å²) in [6.45, 7) is 5.05. The van der Waals surface area contributed by atoms with Crippen LogP contribution in [0.25, 0.3) is 11.0 Å². The fraction of sp³-hybridized carbons (Fsp3) is 0.500. The normalized spacial score (nSPS) is 13.1. The van der Waals surface area contributed by atoms with Gasteiger partial charge < -0.3 is 4.57 Å². The zero-order chi connectivity index (χ0) is 13.8. The number of para-hydroxylation sites is 1. The Labute approximate surface area is 128 Å². The van der Waals surface area contributed by atoms with Gasteiger partial charge in [0.05, 0.1) is 21.4 Å². The van der Waals surface area contributed by atoms with Crippen molar-refractivity contribution in [2.45, 2.75) is 32.2 Å². The highest BCUT2D eigenvalue weighted by Gasteiger charge is 2.16. The zero-order valence-corrected chi connectivity index (χ0v) is 13.5. The predicted molar refractivity (Wildman–Crippen MR) is 86.6 cm³/mol. The van der Waals surface area contributed by atoms with Crippen molar-refractivity contribution in [3.63, 3.8) is 0 Å². The first-order chi connectivity index (χ1) is 9.15. The molecule has 104 valence electrons. The van der Waals surface area contributed by atoms with Crippen molar-refractivity contribution in [3.05, 3.63) is 29.0 Å². The minimum Gasteiger partial charge on any atom is -0.325 e. The molecule has 0 N–H and O–H groups in total. The van der Waals surface area contributed by atoms with E-state index in [-0.39, 0.29) is 5.38 Å². The van der Waals surface area contributed by atoms with Crippen LogP contribution in [0.3, 0.4) is 0 Å². The molecule has 1 aromatic heterocycles. The molecule has 2 aromatic rings. The van der Waals surface area contributed by atoms with Gasteiger partial charge in [-0.3, -0.25) is 0 Å². The van der Waals surface area contributed by atoms with E-state index in [9.17, 15) is 0 Å². The van der Waals surface area contributed by atoms with Crippen molar-refractivity contribution >= 4 is 46.0 Å². The van der Waals surface area contributed by atoms with Crippen molar-refractivity contribution in [3.8, 4) is 0 Å². The third-order valence-corrected chi connectivity index (χ3v) is 4.46. The number of halogens is 2. The van der Waals surface area contributed by atoms with Gasteiger partial charge in [-0.15, -0.1) is 11.6 Å². The van der Waals surface area contributed by atoms with E-state index >= 15 is 0 Å². The molecular formula is C14H18Cl2N2S. The molecule has 19 heavy (non-hydrogen) atoms. The quantitative estimate of drug-likeness (QED) is 0.543. The van der Waals surface area contributed by atoms with Crippen molar-refractivity contribution in [2.24, 2.45) is 0 Å². The van der Waals surface area contributed by atoms with E-state index in [4.69, 9.17) is 23.2 Å². The largest absolute Gasteiger partial charge is 0.325 e. The van der Waals surface area contributed by atoms with Crippen LogP contribution in [0, 0.1) is 0 Å². The van der Waals surface area contributed by atoms with Crippen LogP contribution in [0.2, 0.25) is 5.02 Å². The lowest BCUT2D eigenvalue weighted by Gasteiger charge is -2.10. The molecule has 0 aliphatic rings. The van der Waals surface area contributed by atoms with Gasteiger partial charge in [0.2, 0.25) is 0 Å². The summed E-state index contributed by atoms with van der Waals surface area (Å²) in [5, 5.41) is 0.638. The average Bonchev–Trinajstić information content (AvgIpc) is 2.75. The third-order valence-electron chi connectivity index (χ3n) is 2.98. The van der Waals surface area contributed by atoms with Gasteiger partial charge >= 0.3 is 0 Å². The number of alkyl halides is 1. The molecule has 1 heterocycles. The summed E-state index contributed by atoms with van der Waals surface area (Å²) in [5.41, 5.74) is 1.94. The maximum Gasteiger partial charge on any atom is 0.127 e. The molecule has 0 radical (unpaired) electrons. The Hall–Kier alpha value is -0.380. The van der Waals surface area contributed by atoms with Crippen LogP contribution in [0.15, 0.2) is 18.2 Å². The first-order valence-electron chi connectivity index (χ1n) is 6.51. The van der Waals surface area contributed by atoms with Crippen LogP contribution < -0.4 is 0 Å². The Morgan fingerprint density at radius 2 is 2.21 bits per heavy atom. The van der Waals surface area contributed by atoms with E-state index in [0.717, 1.165) is 46.4 Å². The minimum absolute atomic E-state index is 0.109. The lowest BCUT2D eigenvalue weighted by atomic mass is 10.3. The van der Waals surface area contributed by atoms with E-state index in [1.165, 1.54) is 0 Å². The van der Waals surface area contributed by atoms with Crippen LogP contribution in [0.1, 0.15) is 31.5 Å². The van der Waals surface area contributed by atoms with Crippen molar-refractivity contribution < 1.29 is 0 Å². The summed E-state index contributed by atoms with van der Waals surface area (Å²) in [7, 11) is 0. The fourth-order valence-corrected chi connectivity index (χ4v) is 3.22. The lowest BCUT2D eigenvalue weighted by molar-refractivity contribution is 0.658. The lowest BCUT2D eigenvalue weighted by Crippen LogP contribution is -2.05. The molecule has 2 rings (SSSR count). The second-order valence-corrected chi connectivity index (χ2v) is 6.85. The molecule has 2 nitrogen and oxygen atoms in total. The minimum atomic E-state index is -0.109. The number of hydrogen-bond acceptors (Lipinski definition) is 2. The highest BCUT2D eigenvalue weighted by Crippen LogP contribution is 2.29. The van der Waals surface area contributed by atoms with Crippen LogP contribution >= 0.6 is 35.0 Å². The molecule has 0 saturated heterocycles. The number of aryl methyl sites for hydroxylation is 1. The third kappa shape index (κ3) is 3.39. The molecule has 0 fully saturated rings. The fourth-order valence-electron chi connectivity index (χ4n) is 2.16. The smallest absolute Gasteiger partial charge is 0.127 e. The topological polar surface area (TPSA) is 17.8 Å². The summed E-state index contributed by atoms with van der Waals surface area (Å²) in [5.74, 6) is 3.22. The number of thioether (sulfide) groups is 1. The molecule has 0 spiro atoms. The van der Waals surface area contributed by atoms with Gasteiger partial charge in [0.15, 0.2) is 0 Å². The Kier molecular flexibility index (Phi) is 5.43. The van der Waals surface area contributed by atoms with Gasteiger partial charge in [-0.05, 0) is 37.0 Å². The second-order valence-electron chi connectivity index (χ2n) is 4.40. The molecule has 1 atom stereocenters. The van der Waals surface area contributed by atoms with E-state index in [1.807, 2.05) is 36.9 Å². The Balaban J connectivity index is 2.34.